The minimum Gasteiger partial charge on any atom is -0.465 e. The molecule has 0 aliphatic heterocycles. The number of methoxy groups -OCH3 is 1. The van der Waals surface area contributed by atoms with Crippen LogP contribution in [0.3, 0.4) is 0 Å². The van der Waals surface area contributed by atoms with E-state index in [9.17, 15) is 4.79 Å². The third-order valence-electron chi connectivity index (χ3n) is 2.79. The van der Waals surface area contributed by atoms with E-state index in [-0.39, 0.29) is 11.4 Å². The van der Waals surface area contributed by atoms with Crippen LogP contribution in [0.15, 0.2) is 18.2 Å². The first-order valence-electron chi connectivity index (χ1n) is 6.15. The summed E-state index contributed by atoms with van der Waals surface area (Å²) in [6.45, 7) is 2.46. The third kappa shape index (κ3) is 2.91. The lowest BCUT2D eigenvalue weighted by Gasteiger charge is -2.06. The summed E-state index contributed by atoms with van der Waals surface area (Å²) in [4.78, 5) is 11.9. The summed E-state index contributed by atoms with van der Waals surface area (Å²) < 4.78 is 6.11. The normalized spacial score (nSPS) is 10.5. The fourth-order valence-electron chi connectivity index (χ4n) is 1.86. The Morgan fingerprint density at radius 1 is 1.48 bits per heavy atom. The highest BCUT2D eigenvalue weighted by atomic mass is 35.5. The fourth-order valence-corrected chi connectivity index (χ4v) is 2.35. The summed E-state index contributed by atoms with van der Waals surface area (Å²) in [5.74, 6) is -0.0883. The van der Waals surface area contributed by atoms with Crippen molar-refractivity contribution in [2.75, 3.05) is 24.7 Å². The molecule has 0 fully saturated rings. The van der Waals surface area contributed by atoms with Gasteiger partial charge >= 0.3 is 5.97 Å². The van der Waals surface area contributed by atoms with E-state index in [1.165, 1.54) is 11.8 Å². The first-order chi connectivity index (χ1) is 9.99. The molecule has 1 aromatic heterocycles. The zero-order valence-electron chi connectivity index (χ0n) is 11.5. The maximum Gasteiger partial charge on any atom is 0.345 e. The molecule has 21 heavy (non-hydrogen) atoms. The first kappa shape index (κ1) is 15.5. The van der Waals surface area contributed by atoms with Gasteiger partial charge in [-0.1, -0.05) is 23.2 Å². The number of hydrogen-bond acceptors (Lipinski definition) is 5. The molecule has 6 nitrogen and oxygen atoms in total. The molecule has 0 bridgehead atoms. The van der Waals surface area contributed by atoms with Crippen LogP contribution in [-0.2, 0) is 4.74 Å². The summed E-state index contributed by atoms with van der Waals surface area (Å²) in [6.07, 6.45) is 0. The highest BCUT2D eigenvalue weighted by molar-refractivity contribution is 6.35. The molecule has 0 unspecified atom stereocenters. The second-order valence-corrected chi connectivity index (χ2v) is 4.98. The van der Waals surface area contributed by atoms with Crippen molar-refractivity contribution in [1.82, 2.24) is 9.78 Å². The molecule has 0 atom stereocenters. The largest absolute Gasteiger partial charge is 0.465 e. The van der Waals surface area contributed by atoms with Crippen LogP contribution >= 0.6 is 23.2 Å². The zero-order chi connectivity index (χ0) is 15.6. The summed E-state index contributed by atoms with van der Waals surface area (Å²) in [5, 5.41) is 8.12. The Morgan fingerprint density at radius 2 is 2.19 bits per heavy atom. The predicted octanol–water partition coefficient (Wildman–Crippen LogP) is 2.98. The smallest absolute Gasteiger partial charge is 0.345 e. The minimum atomic E-state index is -0.570. The van der Waals surface area contributed by atoms with E-state index in [2.05, 4.69) is 10.4 Å². The summed E-state index contributed by atoms with van der Waals surface area (Å²) in [5.41, 5.74) is 6.71. The van der Waals surface area contributed by atoms with Crippen LogP contribution in [0.1, 0.15) is 17.3 Å². The fraction of sp³-hybridized carbons (Fsp3) is 0.231. The van der Waals surface area contributed by atoms with Gasteiger partial charge in [-0.2, -0.15) is 0 Å². The lowest BCUT2D eigenvalue weighted by Crippen LogP contribution is -2.09. The maximum atomic E-state index is 11.9. The third-order valence-corrected chi connectivity index (χ3v) is 3.33. The number of anilines is 2. The average Bonchev–Trinajstić information content (AvgIpc) is 2.75. The van der Waals surface area contributed by atoms with Crippen LogP contribution in [0.25, 0.3) is 5.69 Å². The van der Waals surface area contributed by atoms with Crippen molar-refractivity contribution in [1.29, 1.82) is 0 Å². The number of nitrogens with two attached hydrogens (primary N) is 1. The van der Waals surface area contributed by atoms with Gasteiger partial charge in [-0.25, -0.2) is 9.48 Å². The van der Waals surface area contributed by atoms with Crippen molar-refractivity contribution in [3.63, 3.8) is 0 Å². The number of nitrogens with one attached hydrogen (secondary N) is 1. The summed E-state index contributed by atoms with van der Waals surface area (Å²) in [6, 6.07) is 4.91. The zero-order valence-corrected chi connectivity index (χ0v) is 13.0. The van der Waals surface area contributed by atoms with E-state index in [0.717, 1.165) is 0 Å². The number of aromatic nitrogens is 2. The molecule has 0 spiro atoms. The Labute approximate surface area is 131 Å². The summed E-state index contributed by atoms with van der Waals surface area (Å²) >= 11 is 12.0. The van der Waals surface area contributed by atoms with Crippen molar-refractivity contribution in [2.24, 2.45) is 0 Å². The molecule has 0 aliphatic carbocycles. The average molecular weight is 329 g/mol. The van der Waals surface area contributed by atoms with Crippen molar-refractivity contribution < 1.29 is 9.53 Å². The molecular formula is C13H14Cl2N4O2. The van der Waals surface area contributed by atoms with Crippen LogP contribution in [0.5, 0.6) is 0 Å². The van der Waals surface area contributed by atoms with E-state index >= 15 is 0 Å². The number of ether oxygens (including phenoxy) is 1. The van der Waals surface area contributed by atoms with Gasteiger partial charge in [0.15, 0.2) is 5.82 Å². The van der Waals surface area contributed by atoms with Crippen LogP contribution in [0.2, 0.25) is 10.0 Å². The highest BCUT2D eigenvalue weighted by Gasteiger charge is 2.24. The van der Waals surface area contributed by atoms with Crippen LogP contribution in [0.4, 0.5) is 11.6 Å². The molecule has 0 amide bonds. The van der Waals surface area contributed by atoms with Gasteiger partial charge in [-0.15, -0.1) is 5.10 Å². The minimum absolute atomic E-state index is 0.141. The summed E-state index contributed by atoms with van der Waals surface area (Å²) in [7, 11) is 1.28. The second-order valence-electron chi connectivity index (χ2n) is 4.14. The Hall–Kier alpha value is -1.92. The lowest BCUT2D eigenvalue weighted by molar-refractivity contribution is 0.0603. The Kier molecular flexibility index (Phi) is 4.59. The molecule has 2 aromatic rings. The topological polar surface area (TPSA) is 82.2 Å². The molecule has 3 N–H and O–H groups in total. The standard InChI is InChI=1S/C13H14Cl2N4O2/c1-3-17-12-10(13(20)21-2)11(16)19(18-12)9-5-4-7(14)6-8(9)15/h4-6H,3,16H2,1-2H3,(H,17,18). The molecule has 1 aromatic carbocycles. The van der Waals surface area contributed by atoms with E-state index < -0.39 is 5.97 Å². The Balaban J connectivity index is 2.62. The molecule has 112 valence electrons. The van der Waals surface area contributed by atoms with E-state index in [0.29, 0.717) is 28.1 Å². The van der Waals surface area contributed by atoms with Crippen LogP contribution < -0.4 is 11.1 Å². The first-order valence-corrected chi connectivity index (χ1v) is 6.91. The van der Waals surface area contributed by atoms with Gasteiger partial charge in [-0.3, -0.25) is 0 Å². The number of esters is 1. The van der Waals surface area contributed by atoms with Gasteiger partial charge in [0.05, 0.1) is 17.8 Å². The molecule has 0 saturated heterocycles. The number of halogens is 2. The molecule has 0 radical (unpaired) electrons. The quantitative estimate of drug-likeness (QED) is 0.843. The number of nitrogen functional groups attached to an aromatic ring is 1. The number of nitrogens with zero attached hydrogens (tertiary/aromatic N) is 2. The van der Waals surface area contributed by atoms with Crippen molar-refractivity contribution in [3.8, 4) is 5.69 Å². The maximum absolute atomic E-state index is 11.9. The van der Waals surface area contributed by atoms with Crippen molar-refractivity contribution in [2.45, 2.75) is 6.92 Å². The van der Waals surface area contributed by atoms with Gasteiger partial charge in [0.25, 0.3) is 0 Å². The van der Waals surface area contributed by atoms with Crippen LogP contribution in [-0.4, -0.2) is 29.4 Å². The van der Waals surface area contributed by atoms with Crippen molar-refractivity contribution >= 4 is 40.8 Å². The molecule has 1 heterocycles. The number of benzene rings is 1. The number of carbonyl (C=O) groups is 1. The van der Waals surface area contributed by atoms with Gasteiger partial charge in [0.2, 0.25) is 0 Å². The Bertz CT molecular complexity index is 685. The number of rotatable bonds is 4. The molecule has 2 rings (SSSR count). The van der Waals surface area contributed by atoms with E-state index in [4.69, 9.17) is 33.7 Å². The molecule has 8 heteroatoms. The second kappa shape index (κ2) is 6.24. The molecule has 0 aliphatic rings. The van der Waals surface area contributed by atoms with E-state index in [1.807, 2.05) is 6.92 Å². The van der Waals surface area contributed by atoms with Gasteiger partial charge in [0, 0.05) is 11.6 Å². The Morgan fingerprint density at radius 3 is 2.76 bits per heavy atom. The van der Waals surface area contributed by atoms with Gasteiger partial charge < -0.3 is 15.8 Å². The monoisotopic (exact) mass is 328 g/mol. The van der Waals surface area contributed by atoms with E-state index in [1.54, 1.807) is 18.2 Å². The molecular weight excluding hydrogens is 315 g/mol. The molecule has 0 saturated carbocycles. The number of hydrogen-bond donors (Lipinski definition) is 2. The predicted molar refractivity (Wildman–Crippen MR) is 83.5 cm³/mol. The number of carbonyl (C=O) groups excluding carboxylic acids is 1. The SMILES string of the molecule is CCNc1nn(-c2ccc(Cl)cc2Cl)c(N)c1C(=O)OC. The lowest BCUT2D eigenvalue weighted by atomic mass is 10.3. The van der Waals surface area contributed by atoms with Gasteiger partial charge in [-0.05, 0) is 25.1 Å². The highest BCUT2D eigenvalue weighted by Crippen LogP contribution is 2.30. The van der Waals surface area contributed by atoms with Gasteiger partial charge in [0.1, 0.15) is 11.4 Å². The van der Waals surface area contributed by atoms with Crippen LogP contribution in [0, 0.1) is 0 Å². The van der Waals surface area contributed by atoms with Crippen molar-refractivity contribution in [3.05, 3.63) is 33.8 Å².